The van der Waals surface area contributed by atoms with Gasteiger partial charge in [0.2, 0.25) is 5.91 Å². The molecule has 232 valence electrons. The van der Waals surface area contributed by atoms with Crippen LogP contribution in [0.15, 0.2) is 65.8 Å². The Balaban J connectivity index is 1.36. The fourth-order valence-electron chi connectivity index (χ4n) is 5.27. The molecule has 0 unspecified atom stereocenters. The maximum Gasteiger partial charge on any atom is 0.343 e. The van der Waals surface area contributed by atoms with Crippen LogP contribution < -0.4 is 14.9 Å². The van der Waals surface area contributed by atoms with Crippen molar-refractivity contribution in [3.8, 4) is 11.5 Å². The Morgan fingerprint density at radius 3 is 1.91 bits per heavy atom. The first-order chi connectivity index (χ1) is 21.1. The second-order valence-corrected chi connectivity index (χ2v) is 11.3. The summed E-state index contributed by atoms with van der Waals surface area (Å²) in [6, 6.07) is 18.2. The van der Waals surface area contributed by atoms with Crippen LogP contribution >= 0.6 is 0 Å². The Morgan fingerprint density at radius 2 is 1.30 bits per heavy atom. The molecule has 0 spiro atoms. The number of carbonyl (C=O) groups excluding carboxylic acids is 2. The molecule has 0 heterocycles. The summed E-state index contributed by atoms with van der Waals surface area (Å²) in [6.07, 6.45) is 21.4. The zero-order valence-electron chi connectivity index (χ0n) is 26.2. The molecule has 0 saturated carbocycles. The van der Waals surface area contributed by atoms with E-state index < -0.39 is 5.97 Å². The number of carbonyl (C=O) groups is 2. The molecule has 0 aliphatic heterocycles. The highest BCUT2D eigenvalue weighted by atomic mass is 16.5. The number of esters is 1. The van der Waals surface area contributed by atoms with Gasteiger partial charge in [-0.3, -0.25) is 4.79 Å². The number of amides is 1. The molecule has 3 aromatic rings. The SMILES string of the molecule is CCCCCCCCCCCCCCCCCC(=O)N/N=C/c1c(OC(=O)c2ccc(OC)cc2)ccc2ccccc12. The van der Waals surface area contributed by atoms with Crippen molar-refractivity contribution in [3.63, 3.8) is 0 Å². The lowest BCUT2D eigenvalue weighted by molar-refractivity contribution is -0.121. The molecular weight excluding hydrogens is 536 g/mol. The highest BCUT2D eigenvalue weighted by Gasteiger charge is 2.14. The number of methoxy groups -OCH3 is 1. The topological polar surface area (TPSA) is 77.0 Å². The lowest BCUT2D eigenvalue weighted by Gasteiger charge is -2.11. The number of hydrogen-bond donors (Lipinski definition) is 1. The second kappa shape index (κ2) is 20.3. The molecule has 0 radical (unpaired) electrons. The molecule has 0 aliphatic rings. The van der Waals surface area contributed by atoms with E-state index >= 15 is 0 Å². The third-order valence-electron chi connectivity index (χ3n) is 7.85. The second-order valence-electron chi connectivity index (χ2n) is 11.3. The molecule has 3 aromatic carbocycles. The number of rotatable bonds is 21. The largest absolute Gasteiger partial charge is 0.497 e. The first-order valence-corrected chi connectivity index (χ1v) is 16.3. The Morgan fingerprint density at radius 1 is 0.721 bits per heavy atom. The average molecular weight is 587 g/mol. The Bertz CT molecular complexity index is 1270. The molecule has 1 N–H and O–H groups in total. The van der Waals surface area contributed by atoms with E-state index in [1.807, 2.05) is 30.3 Å². The standard InChI is InChI=1S/C37H50N2O4/c1-3-4-5-6-7-8-9-10-11-12-13-14-15-16-17-22-36(40)39-38-29-34-33-21-19-18-20-30(33)25-28-35(34)43-37(41)31-23-26-32(42-2)27-24-31/h18-21,23-29H,3-17,22H2,1-2H3,(H,39,40)/b38-29+. The van der Waals surface area contributed by atoms with Gasteiger partial charge in [0.1, 0.15) is 11.5 Å². The highest BCUT2D eigenvalue weighted by molar-refractivity contribution is 6.04. The summed E-state index contributed by atoms with van der Waals surface area (Å²) in [6.45, 7) is 2.27. The minimum Gasteiger partial charge on any atom is -0.497 e. The van der Waals surface area contributed by atoms with Gasteiger partial charge in [-0.25, -0.2) is 10.2 Å². The fraction of sp³-hybridized carbons (Fsp3) is 0.486. The van der Waals surface area contributed by atoms with Crippen molar-refractivity contribution in [2.75, 3.05) is 7.11 Å². The third kappa shape index (κ3) is 12.6. The smallest absolute Gasteiger partial charge is 0.343 e. The normalized spacial score (nSPS) is 11.2. The summed E-state index contributed by atoms with van der Waals surface area (Å²) in [7, 11) is 1.58. The number of hydrazone groups is 1. The molecule has 0 saturated heterocycles. The molecule has 0 bridgehead atoms. The van der Waals surface area contributed by atoms with Crippen LogP contribution in [0.1, 0.15) is 126 Å². The number of hydrogen-bond acceptors (Lipinski definition) is 5. The monoisotopic (exact) mass is 586 g/mol. The molecule has 6 nitrogen and oxygen atoms in total. The molecule has 1 amide bonds. The van der Waals surface area contributed by atoms with Crippen molar-refractivity contribution in [1.82, 2.24) is 5.43 Å². The first-order valence-electron chi connectivity index (χ1n) is 16.3. The number of unbranched alkanes of at least 4 members (excludes halogenated alkanes) is 14. The summed E-state index contributed by atoms with van der Waals surface area (Å²) in [5.41, 5.74) is 3.69. The minimum atomic E-state index is -0.482. The van der Waals surface area contributed by atoms with Gasteiger partial charge >= 0.3 is 5.97 Å². The Labute approximate surface area is 258 Å². The van der Waals surface area contributed by atoms with Crippen molar-refractivity contribution in [1.29, 1.82) is 0 Å². The number of fused-ring (bicyclic) bond motifs is 1. The van der Waals surface area contributed by atoms with Gasteiger partial charge in [-0.05, 0) is 47.5 Å². The first kappa shape index (κ1) is 33.8. The van der Waals surface area contributed by atoms with Gasteiger partial charge in [-0.15, -0.1) is 0 Å². The fourth-order valence-corrected chi connectivity index (χ4v) is 5.27. The van der Waals surface area contributed by atoms with Crippen LogP contribution in [-0.4, -0.2) is 25.2 Å². The molecule has 43 heavy (non-hydrogen) atoms. The lowest BCUT2D eigenvalue weighted by atomic mass is 10.0. The third-order valence-corrected chi connectivity index (χ3v) is 7.85. The van der Waals surface area contributed by atoms with Crippen molar-refractivity contribution in [2.24, 2.45) is 5.10 Å². The van der Waals surface area contributed by atoms with Crippen molar-refractivity contribution >= 4 is 28.9 Å². The summed E-state index contributed by atoms with van der Waals surface area (Å²) in [5.74, 6) is 0.447. The quantitative estimate of drug-likeness (QED) is 0.0443. The maximum absolute atomic E-state index is 12.8. The van der Waals surface area contributed by atoms with Crippen LogP contribution in [0.3, 0.4) is 0 Å². The number of nitrogens with one attached hydrogen (secondary N) is 1. The predicted octanol–water partition coefficient (Wildman–Crippen LogP) is 9.78. The van der Waals surface area contributed by atoms with E-state index in [1.54, 1.807) is 43.7 Å². The summed E-state index contributed by atoms with van der Waals surface area (Å²) in [5, 5.41) is 6.07. The lowest BCUT2D eigenvalue weighted by Crippen LogP contribution is -2.17. The zero-order valence-corrected chi connectivity index (χ0v) is 26.2. The number of benzene rings is 3. The Hall–Kier alpha value is -3.67. The van der Waals surface area contributed by atoms with Crippen LogP contribution in [0.2, 0.25) is 0 Å². The molecule has 0 aromatic heterocycles. The van der Waals surface area contributed by atoms with E-state index in [0.717, 1.165) is 23.6 Å². The van der Waals surface area contributed by atoms with Gasteiger partial charge in [0.15, 0.2) is 0 Å². The predicted molar refractivity (Wildman–Crippen MR) is 177 cm³/mol. The minimum absolute atomic E-state index is 0.108. The highest BCUT2D eigenvalue weighted by Crippen LogP contribution is 2.28. The zero-order chi connectivity index (χ0) is 30.5. The van der Waals surface area contributed by atoms with Gasteiger partial charge in [0, 0.05) is 12.0 Å². The van der Waals surface area contributed by atoms with Crippen LogP contribution in [-0.2, 0) is 4.79 Å². The summed E-state index contributed by atoms with van der Waals surface area (Å²) >= 11 is 0. The van der Waals surface area contributed by atoms with E-state index in [9.17, 15) is 9.59 Å². The van der Waals surface area contributed by atoms with E-state index in [4.69, 9.17) is 9.47 Å². The molecule has 0 atom stereocenters. The van der Waals surface area contributed by atoms with Gasteiger partial charge in [0.05, 0.1) is 18.9 Å². The van der Waals surface area contributed by atoms with Gasteiger partial charge in [-0.2, -0.15) is 5.10 Å². The van der Waals surface area contributed by atoms with E-state index in [-0.39, 0.29) is 5.91 Å². The Kier molecular flexibility index (Phi) is 15.9. The molecule has 0 fully saturated rings. The average Bonchev–Trinajstić information content (AvgIpc) is 3.03. The number of nitrogens with zero attached hydrogens (tertiary/aromatic N) is 1. The van der Waals surface area contributed by atoms with Crippen LogP contribution in [0.5, 0.6) is 11.5 Å². The van der Waals surface area contributed by atoms with Crippen LogP contribution in [0, 0.1) is 0 Å². The molecular formula is C37H50N2O4. The summed E-state index contributed by atoms with van der Waals surface area (Å²) in [4.78, 5) is 25.2. The van der Waals surface area contributed by atoms with Gasteiger partial charge in [-0.1, -0.05) is 127 Å². The van der Waals surface area contributed by atoms with E-state index in [1.165, 1.54) is 83.5 Å². The molecule has 3 rings (SSSR count). The van der Waals surface area contributed by atoms with Crippen molar-refractivity contribution < 1.29 is 19.1 Å². The van der Waals surface area contributed by atoms with E-state index in [2.05, 4.69) is 17.5 Å². The molecule has 6 heteroatoms. The van der Waals surface area contributed by atoms with Crippen molar-refractivity contribution in [3.05, 3.63) is 71.8 Å². The van der Waals surface area contributed by atoms with Crippen LogP contribution in [0.4, 0.5) is 0 Å². The van der Waals surface area contributed by atoms with Crippen LogP contribution in [0.25, 0.3) is 10.8 Å². The van der Waals surface area contributed by atoms with Gasteiger partial charge in [0.25, 0.3) is 0 Å². The maximum atomic E-state index is 12.8. The van der Waals surface area contributed by atoms with Crippen molar-refractivity contribution in [2.45, 2.75) is 110 Å². The van der Waals surface area contributed by atoms with E-state index in [0.29, 0.717) is 29.0 Å². The summed E-state index contributed by atoms with van der Waals surface area (Å²) < 4.78 is 10.9. The number of ether oxygens (including phenoxy) is 2. The van der Waals surface area contributed by atoms with Gasteiger partial charge < -0.3 is 9.47 Å². The molecule has 0 aliphatic carbocycles.